The van der Waals surface area contributed by atoms with Crippen LogP contribution < -0.4 is 31.2 Å². The van der Waals surface area contributed by atoms with Crippen molar-refractivity contribution in [3.8, 4) is 17.2 Å². The molecular weight excluding hydrogens is 900 g/mol. The van der Waals surface area contributed by atoms with E-state index < -0.39 is 0 Å². The van der Waals surface area contributed by atoms with Gasteiger partial charge in [-0.2, -0.15) is 20.4 Å². The van der Waals surface area contributed by atoms with Gasteiger partial charge in [0.1, 0.15) is 45.3 Å². The van der Waals surface area contributed by atoms with Crippen molar-refractivity contribution in [2.45, 2.75) is 40.4 Å². The molecule has 0 saturated heterocycles. The molecule has 7 aromatic heterocycles. The van der Waals surface area contributed by atoms with Gasteiger partial charge in [-0.3, -0.25) is 9.89 Å². The summed E-state index contributed by atoms with van der Waals surface area (Å²) >= 11 is 11.7. The summed E-state index contributed by atoms with van der Waals surface area (Å²) in [7, 11) is 4.93. The van der Waals surface area contributed by atoms with Crippen LogP contribution in [0, 0.1) is 20.8 Å². The topological polar surface area (TPSA) is 259 Å². The van der Waals surface area contributed by atoms with Crippen LogP contribution >= 0.6 is 23.2 Å². The van der Waals surface area contributed by atoms with Crippen LogP contribution in [0.25, 0.3) is 33.5 Å². The van der Waals surface area contributed by atoms with Gasteiger partial charge >= 0.3 is 0 Å². The number of aromatic nitrogens is 14. The maximum atomic E-state index is 11.5. The summed E-state index contributed by atoms with van der Waals surface area (Å²) in [5.74, 6) is 2.98. The number of anilines is 2. The number of nitrogens with zero attached hydrogens (tertiary/aromatic N) is 12. The van der Waals surface area contributed by atoms with Gasteiger partial charge in [0.05, 0.1) is 82.8 Å². The lowest BCUT2D eigenvalue weighted by Gasteiger charge is -2.05. The number of hydrogen-bond donors (Lipinski definition) is 4. The Balaban J connectivity index is 0.000000135. The quantitative estimate of drug-likeness (QED) is 0.117. The fraction of sp³-hybridized carbons (Fsp3) is 0.200. The molecule has 6 N–H and O–H groups in total. The highest BCUT2D eigenvalue weighted by molar-refractivity contribution is 6.30. The molecule has 0 unspecified atom stereocenters. The van der Waals surface area contributed by atoms with Gasteiger partial charge in [-0.05, 0) is 73.9 Å². The second kappa shape index (κ2) is 21.3. The Bertz CT molecular complexity index is 3260. The number of aryl methyl sites for hydroxylation is 3. The van der Waals surface area contributed by atoms with E-state index in [1.165, 1.54) is 0 Å². The van der Waals surface area contributed by atoms with Gasteiger partial charge in [0, 0.05) is 0 Å². The minimum absolute atomic E-state index is 0.179. The molecule has 0 aliphatic rings. The number of nitrogens with one attached hydrogen (secondary N) is 2. The third-order valence-corrected chi connectivity index (χ3v) is 10.7. The van der Waals surface area contributed by atoms with E-state index in [2.05, 4.69) is 55.4 Å². The number of aromatic amines is 2. The Labute approximate surface area is 392 Å². The van der Waals surface area contributed by atoms with Crippen molar-refractivity contribution in [1.82, 2.24) is 69.4 Å². The van der Waals surface area contributed by atoms with E-state index >= 15 is 0 Å². The van der Waals surface area contributed by atoms with Crippen molar-refractivity contribution in [1.29, 1.82) is 0 Å². The summed E-state index contributed by atoms with van der Waals surface area (Å²) in [6.45, 7) is 7.14. The van der Waals surface area contributed by atoms with E-state index in [0.717, 1.165) is 39.6 Å². The summed E-state index contributed by atoms with van der Waals surface area (Å²) in [6, 6.07) is 23.4. The van der Waals surface area contributed by atoms with Crippen LogP contribution in [0.3, 0.4) is 0 Å². The molecule has 7 heterocycles. The van der Waals surface area contributed by atoms with E-state index in [9.17, 15) is 4.79 Å². The molecule has 0 aliphatic heterocycles. The molecule has 67 heavy (non-hydrogen) atoms. The number of nitrogens with two attached hydrogens (primary N) is 2. The Morgan fingerprint density at radius 2 is 1.01 bits per heavy atom. The molecule has 10 aromatic rings. The van der Waals surface area contributed by atoms with Crippen molar-refractivity contribution in [3.63, 3.8) is 0 Å². The highest BCUT2D eigenvalue weighted by atomic mass is 35.5. The summed E-state index contributed by atoms with van der Waals surface area (Å²) in [6.07, 6.45) is 6.44. The summed E-state index contributed by atoms with van der Waals surface area (Å²) in [5, 5.41) is 20.0. The zero-order valence-electron chi connectivity index (χ0n) is 37.3. The lowest BCUT2D eigenvalue weighted by atomic mass is 10.2. The average molecular weight is 946 g/mol. The molecule has 0 aliphatic carbocycles. The van der Waals surface area contributed by atoms with Crippen LogP contribution in [0.4, 0.5) is 11.5 Å². The van der Waals surface area contributed by atoms with E-state index in [0.29, 0.717) is 86.4 Å². The predicted octanol–water partition coefficient (Wildman–Crippen LogP) is 6.75. The molecular formula is C45H46Cl2N16O4. The number of benzene rings is 3. The number of fused-ring (bicyclic) bond motifs is 3. The Kier molecular flexibility index (Phi) is 14.9. The van der Waals surface area contributed by atoms with E-state index in [1.807, 2.05) is 84.4 Å². The molecule has 3 aromatic carbocycles. The number of nitrogen functional groups attached to an aromatic ring is 2. The van der Waals surface area contributed by atoms with Gasteiger partial charge < -0.3 is 30.7 Å². The fourth-order valence-corrected chi connectivity index (χ4v) is 6.54. The third kappa shape index (κ3) is 11.6. The van der Waals surface area contributed by atoms with Crippen molar-refractivity contribution >= 4 is 68.2 Å². The fourth-order valence-electron chi connectivity index (χ4n) is 6.28. The Hall–Kier alpha value is -8.10. The minimum Gasteiger partial charge on any atom is -0.497 e. The monoisotopic (exact) mass is 944 g/mol. The molecule has 0 spiro atoms. The Morgan fingerprint density at radius 1 is 0.552 bits per heavy atom. The second-order valence-electron chi connectivity index (χ2n) is 14.7. The maximum Gasteiger partial charge on any atom is 0.269 e. The first-order valence-corrected chi connectivity index (χ1v) is 21.1. The summed E-state index contributed by atoms with van der Waals surface area (Å²) in [4.78, 5) is 35.4. The van der Waals surface area contributed by atoms with Crippen LogP contribution in [0.5, 0.6) is 17.2 Å². The molecule has 20 nitrogen and oxygen atoms in total. The van der Waals surface area contributed by atoms with Crippen LogP contribution in [0.1, 0.15) is 33.8 Å². The predicted molar refractivity (Wildman–Crippen MR) is 257 cm³/mol. The summed E-state index contributed by atoms with van der Waals surface area (Å²) < 4.78 is 20.6. The zero-order chi connectivity index (χ0) is 47.6. The Morgan fingerprint density at radius 3 is 1.54 bits per heavy atom. The smallest absolute Gasteiger partial charge is 0.269 e. The first kappa shape index (κ1) is 46.9. The van der Waals surface area contributed by atoms with Crippen molar-refractivity contribution in [3.05, 3.63) is 152 Å². The van der Waals surface area contributed by atoms with Gasteiger partial charge in [-0.1, -0.05) is 59.6 Å². The number of hydrogen-bond acceptors (Lipinski definition) is 15. The van der Waals surface area contributed by atoms with Gasteiger partial charge in [-0.15, -0.1) is 0 Å². The number of H-pyrrole nitrogens is 2. The van der Waals surface area contributed by atoms with Crippen LogP contribution in [-0.2, 0) is 19.6 Å². The molecule has 0 saturated carbocycles. The largest absolute Gasteiger partial charge is 0.497 e. The number of ether oxygens (including phenoxy) is 3. The third-order valence-electron chi connectivity index (χ3n) is 10.0. The van der Waals surface area contributed by atoms with Gasteiger partial charge in [0.15, 0.2) is 27.2 Å². The van der Waals surface area contributed by atoms with Crippen molar-refractivity contribution in [2.75, 3.05) is 32.8 Å². The van der Waals surface area contributed by atoms with Crippen LogP contribution in [0.2, 0.25) is 10.3 Å². The lowest BCUT2D eigenvalue weighted by molar-refractivity contribution is 0.414. The molecule has 0 amide bonds. The normalized spacial score (nSPS) is 10.7. The van der Waals surface area contributed by atoms with E-state index in [4.69, 9.17) is 48.9 Å². The molecule has 10 rings (SSSR count). The van der Waals surface area contributed by atoms with Crippen LogP contribution in [0.15, 0.2) is 102 Å². The molecule has 0 fully saturated rings. The van der Waals surface area contributed by atoms with Crippen LogP contribution in [-0.4, -0.2) is 90.8 Å². The minimum atomic E-state index is -0.179. The standard InChI is InChI=1S/C14H13ClN4O.C14H14N4O2.C11H14N4O.C6H5ClN4/c1-9-13(15)18-12-7-16-19(14(12)17-9)8-10-3-5-11(20-2)6-4-10;1-9-14(19)17-12-7-15-18(13(12)16-9)8-10-3-5-11(20-2)6-4-10;1-16-9-4-2-8(3-5-9)7-15-11(13)10(12)6-14-15;1-3-5(7)10-4-2-8-11-6(4)9-3/h3-7H,8H2,1-2H3;3-7H,8H2,1-2H3,(H,17,19);2-6H,7,12-13H2,1H3;2H,1H3,(H,8,9,11). The molecule has 344 valence electrons. The summed E-state index contributed by atoms with van der Waals surface area (Å²) in [5.41, 5.74) is 21.0. The maximum absolute atomic E-state index is 11.5. The number of rotatable bonds is 9. The van der Waals surface area contributed by atoms with E-state index in [-0.39, 0.29) is 5.56 Å². The van der Waals surface area contributed by atoms with Crippen molar-refractivity contribution < 1.29 is 14.2 Å². The lowest BCUT2D eigenvalue weighted by Crippen LogP contribution is -2.12. The van der Waals surface area contributed by atoms with Gasteiger partial charge in [-0.25, -0.2) is 39.0 Å². The SMILES string of the molecule is COc1ccc(Cn2ncc(N)c2N)cc1.COc1ccc(Cn2ncc3[nH]c(=O)c(C)nc32)cc1.COc1ccc(Cn2ncc3nc(Cl)c(C)nc32)cc1.Cc1nc2[nH]ncc2nc1Cl. The number of halogens is 2. The van der Waals surface area contributed by atoms with Crippen molar-refractivity contribution in [2.24, 2.45) is 0 Å². The molecule has 22 heteroatoms. The zero-order valence-corrected chi connectivity index (χ0v) is 38.8. The van der Waals surface area contributed by atoms with E-state index in [1.54, 1.807) is 69.3 Å². The average Bonchev–Trinajstić information content (AvgIpc) is 4.13. The van der Waals surface area contributed by atoms with Gasteiger partial charge in [0.25, 0.3) is 5.56 Å². The highest BCUT2D eigenvalue weighted by Gasteiger charge is 2.11. The highest BCUT2D eigenvalue weighted by Crippen LogP contribution is 2.20. The molecule has 0 atom stereocenters. The first-order chi connectivity index (χ1) is 32.3. The second-order valence-corrected chi connectivity index (χ2v) is 15.4. The number of methoxy groups -OCH3 is 3. The van der Waals surface area contributed by atoms with Gasteiger partial charge in [0.2, 0.25) is 0 Å². The molecule has 0 bridgehead atoms. The first-order valence-electron chi connectivity index (χ1n) is 20.4. The molecule has 0 radical (unpaired) electrons.